The molecule has 0 aliphatic heterocycles. The molecule has 1 atom stereocenters. The van der Waals surface area contributed by atoms with Gasteiger partial charge in [-0.1, -0.05) is 30.7 Å². The molecule has 0 aromatic heterocycles. The maximum atomic E-state index is 6.20. The Kier molecular flexibility index (Phi) is 4.72. The second-order valence-corrected chi connectivity index (χ2v) is 5.39. The van der Waals surface area contributed by atoms with E-state index >= 15 is 0 Å². The van der Waals surface area contributed by atoms with Gasteiger partial charge in [-0.25, -0.2) is 0 Å². The molecule has 1 aromatic carbocycles. The molecule has 0 spiro atoms. The summed E-state index contributed by atoms with van der Waals surface area (Å²) in [5.74, 6) is 0. The van der Waals surface area contributed by atoms with Crippen LogP contribution in [0.1, 0.15) is 49.9 Å². The molecule has 0 saturated heterocycles. The van der Waals surface area contributed by atoms with Gasteiger partial charge in [0.25, 0.3) is 0 Å². The van der Waals surface area contributed by atoms with Gasteiger partial charge < -0.3 is 10.5 Å². The van der Waals surface area contributed by atoms with Crippen molar-refractivity contribution >= 4 is 0 Å². The number of aryl methyl sites for hydroxylation is 2. The molecule has 0 amide bonds. The van der Waals surface area contributed by atoms with Gasteiger partial charge in [-0.3, -0.25) is 0 Å². The van der Waals surface area contributed by atoms with Gasteiger partial charge in [0.15, 0.2) is 0 Å². The SMILES string of the molecule is CCC(C)(C)OCC(N)c1cc(C)ccc1C. The molecule has 0 saturated carbocycles. The minimum absolute atomic E-state index is 0.0410. The van der Waals surface area contributed by atoms with Crippen LogP contribution in [0.5, 0.6) is 0 Å². The summed E-state index contributed by atoms with van der Waals surface area (Å²) >= 11 is 0. The molecule has 0 bridgehead atoms. The summed E-state index contributed by atoms with van der Waals surface area (Å²) in [6.45, 7) is 11.1. The second-order valence-electron chi connectivity index (χ2n) is 5.39. The van der Waals surface area contributed by atoms with Crippen LogP contribution >= 0.6 is 0 Å². The number of rotatable bonds is 5. The third-order valence-electron chi connectivity index (χ3n) is 3.34. The van der Waals surface area contributed by atoms with E-state index in [0.29, 0.717) is 6.61 Å². The zero-order valence-corrected chi connectivity index (χ0v) is 11.7. The van der Waals surface area contributed by atoms with Gasteiger partial charge in [0.2, 0.25) is 0 Å². The van der Waals surface area contributed by atoms with Crippen molar-refractivity contribution in [2.75, 3.05) is 6.61 Å². The minimum atomic E-state index is -0.0879. The fraction of sp³-hybridized carbons (Fsp3) is 0.600. The molecule has 1 aromatic rings. The maximum Gasteiger partial charge on any atom is 0.0666 e. The standard InChI is InChI=1S/C15H25NO/c1-6-15(4,5)17-10-14(16)13-9-11(2)7-8-12(13)3/h7-9,14H,6,10,16H2,1-5H3. The van der Waals surface area contributed by atoms with Crippen molar-refractivity contribution in [2.24, 2.45) is 5.73 Å². The molecule has 17 heavy (non-hydrogen) atoms. The number of hydrogen-bond acceptors (Lipinski definition) is 2. The van der Waals surface area contributed by atoms with Crippen LogP contribution in [-0.2, 0) is 4.74 Å². The molecule has 1 rings (SSSR count). The predicted octanol–water partition coefficient (Wildman–Crippen LogP) is 3.51. The highest BCUT2D eigenvalue weighted by atomic mass is 16.5. The first-order valence-corrected chi connectivity index (χ1v) is 6.32. The van der Waals surface area contributed by atoms with E-state index < -0.39 is 0 Å². The zero-order chi connectivity index (χ0) is 13.1. The van der Waals surface area contributed by atoms with Crippen molar-refractivity contribution in [1.29, 1.82) is 0 Å². The lowest BCUT2D eigenvalue weighted by Crippen LogP contribution is -2.28. The molecule has 1 unspecified atom stereocenters. The molecular formula is C15H25NO. The van der Waals surface area contributed by atoms with Gasteiger partial charge >= 0.3 is 0 Å². The summed E-state index contributed by atoms with van der Waals surface area (Å²) in [6.07, 6.45) is 0.993. The van der Waals surface area contributed by atoms with Gasteiger partial charge in [0, 0.05) is 0 Å². The molecule has 0 fully saturated rings. The van der Waals surface area contributed by atoms with Crippen molar-refractivity contribution in [3.05, 3.63) is 34.9 Å². The van der Waals surface area contributed by atoms with Crippen LogP contribution in [0.3, 0.4) is 0 Å². The molecular weight excluding hydrogens is 210 g/mol. The highest BCUT2D eigenvalue weighted by molar-refractivity contribution is 5.32. The molecule has 0 aliphatic rings. The van der Waals surface area contributed by atoms with Crippen molar-refractivity contribution < 1.29 is 4.74 Å². The van der Waals surface area contributed by atoms with Crippen LogP contribution in [0.4, 0.5) is 0 Å². The number of benzene rings is 1. The Hall–Kier alpha value is -0.860. The van der Waals surface area contributed by atoms with Crippen LogP contribution in [-0.4, -0.2) is 12.2 Å². The third kappa shape index (κ3) is 4.14. The van der Waals surface area contributed by atoms with Crippen LogP contribution in [0.25, 0.3) is 0 Å². The lowest BCUT2D eigenvalue weighted by Gasteiger charge is -2.26. The topological polar surface area (TPSA) is 35.2 Å². The molecule has 0 heterocycles. The Morgan fingerprint density at radius 1 is 1.29 bits per heavy atom. The normalized spacial score (nSPS) is 13.8. The zero-order valence-electron chi connectivity index (χ0n) is 11.7. The van der Waals surface area contributed by atoms with Crippen LogP contribution in [0, 0.1) is 13.8 Å². The first kappa shape index (κ1) is 14.2. The quantitative estimate of drug-likeness (QED) is 0.847. The molecule has 0 aliphatic carbocycles. The molecule has 2 N–H and O–H groups in total. The van der Waals surface area contributed by atoms with E-state index in [1.807, 2.05) is 0 Å². The number of ether oxygens (including phenoxy) is 1. The van der Waals surface area contributed by atoms with E-state index in [9.17, 15) is 0 Å². The predicted molar refractivity (Wildman–Crippen MR) is 73.2 cm³/mol. The van der Waals surface area contributed by atoms with Gasteiger partial charge in [0.1, 0.15) is 0 Å². The van der Waals surface area contributed by atoms with Crippen molar-refractivity contribution in [3.8, 4) is 0 Å². The molecule has 0 radical (unpaired) electrons. The summed E-state index contributed by atoms with van der Waals surface area (Å²) < 4.78 is 5.86. The van der Waals surface area contributed by atoms with Gasteiger partial charge in [-0.2, -0.15) is 0 Å². The lowest BCUT2D eigenvalue weighted by molar-refractivity contribution is -0.0267. The smallest absolute Gasteiger partial charge is 0.0666 e. The van der Waals surface area contributed by atoms with E-state index in [0.717, 1.165) is 6.42 Å². The highest BCUT2D eigenvalue weighted by Gasteiger charge is 2.18. The summed E-state index contributed by atoms with van der Waals surface area (Å²) in [6, 6.07) is 6.35. The summed E-state index contributed by atoms with van der Waals surface area (Å²) in [4.78, 5) is 0. The molecule has 2 nitrogen and oxygen atoms in total. The molecule has 2 heteroatoms. The Morgan fingerprint density at radius 2 is 1.94 bits per heavy atom. The van der Waals surface area contributed by atoms with Gasteiger partial charge in [0.05, 0.1) is 18.2 Å². The van der Waals surface area contributed by atoms with Crippen LogP contribution < -0.4 is 5.73 Å². The van der Waals surface area contributed by atoms with E-state index in [1.54, 1.807) is 0 Å². The Morgan fingerprint density at radius 3 is 2.53 bits per heavy atom. The van der Waals surface area contributed by atoms with E-state index in [-0.39, 0.29) is 11.6 Å². The average Bonchev–Trinajstić information content (AvgIpc) is 2.29. The third-order valence-corrected chi connectivity index (χ3v) is 3.34. The van der Waals surface area contributed by atoms with E-state index in [4.69, 9.17) is 10.5 Å². The monoisotopic (exact) mass is 235 g/mol. The minimum Gasteiger partial charge on any atom is -0.374 e. The number of nitrogens with two attached hydrogens (primary N) is 1. The average molecular weight is 235 g/mol. The number of hydrogen-bond donors (Lipinski definition) is 1. The fourth-order valence-electron chi connectivity index (χ4n) is 1.67. The van der Waals surface area contributed by atoms with Gasteiger partial charge in [-0.15, -0.1) is 0 Å². The van der Waals surface area contributed by atoms with Gasteiger partial charge in [-0.05, 0) is 45.2 Å². The summed E-state index contributed by atoms with van der Waals surface area (Å²) in [5.41, 5.74) is 9.79. The highest BCUT2D eigenvalue weighted by Crippen LogP contribution is 2.21. The van der Waals surface area contributed by atoms with Crippen LogP contribution in [0.2, 0.25) is 0 Å². The summed E-state index contributed by atoms with van der Waals surface area (Å²) in [7, 11) is 0. The van der Waals surface area contributed by atoms with Crippen molar-refractivity contribution in [2.45, 2.75) is 52.7 Å². The van der Waals surface area contributed by atoms with Crippen LogP contribution in [0.15, 0.2) is 18.2 Å². The van der Waals surface area contributed by atoms with Crippen molar-refractivity contribution in [3.63, 3.8) is 0 Å². The Balaban J connectivity index is 2.70. The van der Waals surface area contributed by atoms with E-state index in [1.165, 1.54) is 16.7 Å². The Labute approximate surface area is 105 Å². The van der Waals surface area contributed by atoms with E-state index in [2.05, 4.69) is 52.8 Å². The lowest BCUT2D eigenvalue weighted by atomic mass is 9.99. The summed E-state index contributed by atoms with van der Waals surface area (Å²) in [5, 5.41) is 0. The maximum absolute atomic E-state index is 6.20. The largest absolute Gasteiger partial charge is 0.374 e. The van der Waals surface area contributed by atoms with Crippen molar-refractivity contribution in [1.82, 2.24) is 0 Å². The Bertz CT molecular complexity index is 371. The second kappa shape index (κ2) is 5.65. The fourth-order valence-corrected chi connectivity index (χ4v) is 1.67. The first-order valence-electron chi connectivity index (χ1n) is 6.32. The molecule has 96 valence electrons. The first-order chi connectivity index (χ1) is 7.85.